The summed E-state index contributed by atoms with van der Waals surface area (Å²) in [6.45, 7) is 2.36. The lowest BCUT2D eigenvalue weighted by Crippen LogP contribution is -2.06. The monoisotopic (exact) mass is 297 g/mol. The van der Waals surface area contributed by atoms with Crippen LogP contribution in [0.15, 0.2) is 48.7 Å². The predicted molar refractivity (Wildman–Crippen MR) is 83.5 cm³/mol. The number of methoxy groups -OCH3 is 1. The largest absolute Gasteiger partial charge is 0.465 e. The van der Waals surface area contributed by atoms with E-state index in [1.165, 1.54) is 13.3 Å². The van der Waals surface area contributed by atoms with Gasteiger partial charge in [-0.1, -0.05) is 30.3 Å². The van der Waals surface area contributed by atoms with Crippen LogP contribution in [0.5, 0.6) is 0 Å². The third-order valence-electron chi connectivity index (χ3n) is 3.85. The maximum atomic E-state index is 14.2. The van der Waals surface area contributed by atoms with Crippen LogP contribution in [0.25, 0.3) is 10.9 Å². The van der Waals surface area contributed by atoms with Gasteiger partial charge in [-0.2, -0.15) is 0 Å². The number of hydrogen-bond donors (Lipinski definition) is 0. The Labute approximate surface area is 127 Å². The molecule has 0 aliphatic carbocycles. The number of fused-ring (bicyclic) bond motifs is 1. The molecule has 3 aromatic rings. The number of esters is 1. The van der Waals surface area contributed by atoms with Crippen molar-refractivity contribution in [2.75, 3.05) is 7.11 Å². The fourth-order valence-electron chi connectivity index (χ4n) is 2.77. The Morgan fingerprint density at radius 3 is 2.59 bits per heavy atom. The van der Waals surface area contributed by atoms with E-state index in [9.17, 15) is 9.18 Å². The first kappa shape index (κ1) is 14.3. The van der Waals surface area contributed by atoms with Crippen molar-refractivity contribution in [1.29, 1.82) is 0 Å². The van der Waals surface area contributed by atoms with Gasteiger partial charge in [-0.25, -0.2) is 9.18 Å². The highest BCUT2D eigenvalue weighted by atomic mass is 19.1. The zero-order valence-electron chi connectivity index (χ0n) is 12.5. The van der Waals surface area contributed by atoms with Gasteiger partial charge in [0.05, 0.1) is 18.2 Å². The van der Waals surface area contributed by atoms with E-state index >= 15 is 0 Å². The van der Waals surface area contributed by atoms with Crippen LogP contribution in [-0.2, 0) is 11.3 Å². The summed E-state index contributed by atoms with van der Waals surface area (Å²) in [6, 6.07) is 13.1. The van der Waals surface area contributed by atoms with E-state index in [-0.39, 0.29) is 5.82 Å². The quantitative estimate of drug-likeness (QED) is 0.686. The minimum Gasteiger partial charge on any atom is -0.465 e. The number of aromatic nitrogens is 1. The molecule has 0 atom stereocenters. The molecule has 0 N–H and O–H groups in total. The van der Waals surface area contributed by atoms with Gasteiger partial charge in [-0.15, -0.1) is 0 Å². The van der Waals surface area contributed by atoms with Gasteiger partial charge in [-0.3, -0.25) is 0 Å². The number of rotatable bonds is 3. The first-order chi connectivity index (χ1) is 10.6. The fourth-order valence-corrected chi connectivity index (χ4v) is 2.77. The number of carbonyl (C=O) groups is 1. The summed E-state index contributed by atoms with van der Waals surface area (Å²) >= 11 is 0. The van der Waals surface area contributed by atoms with Gasteiger partial charge in [0.15, 0.2) is 0 Å². The van der Waals surface area contributed by atoms with Gasteiger partial charge in [0, 0.05) is 18.1 Å². The molecule has 1 heterocycles. The molecule has 112 valence electrons. The van der Waals surface area contributed by atoms with Gasteiger partial charge in [0.1, 0.15) is 5.82 Å². The van der Waals surface area contributed by atoms with E-state index in [2.05, 4.69) is 0 Å². The third kappa shape index (κ3) is 2.37. The average molecular weight is 297 g/mol. The summed E-state index contributed by atoms with van der Waals surface area (Å²) in [5.74, 6) is -0.697. The van der Waals surface area contributed by atoms with Gasteiger partial charge in [-0.05, 0) is 30.2 Å². The molecule has 3 nitrogen and oxygen atoms in total. The Hall–Kier alpha value is -2.62. The van der Waals surface area contributed by atoms with E-state index in [1.54, 1.807) is 12.1 Å². The highest BCUT2D eigenvalue weighted by Gasteiger charge is 2.17. The first-order valence-corrected chi connectivity index (χ1v) is 7.02. The van der Waals surface area contributed by atoms with Crippen LogP contribution in [0.4, 0.5) is 4.39 Å². The molecule has 0 saturated heterocycles. The molecule has 2 aromatic carbocycles. The minimum atomic E-state index is -0.410. The Morgan fingerprint density at radius 2 is 1.91 bits per heavy atom. The summed E-state index contributed by atoms with van der Waals surface area (Å²) in [4.78, 5) is 11.8. The molecule has 0 spiro atoms. The molecule has 0 bridgehead atoms. The van der Waals surface area contributed by atoms with Crippen molar-refractivity contribution in [2.45, 2.75) is 13.5 Å². The normalized spacial score (nSPS) is 10.9. The number of aryl methyl sites for hydroxylation is 1. The second-order valence-corrected chi connectivity index (χ2v) is 5.22. The van der Waals surface area contributed by atoms with Gasteiger partial charge < -0.3 is 9.30 Å². The predicted octanol–water partition coefficient (Wildman–Crippen LogP) is 3.92. The molecular formula is C18H16FNO2. The molecule has 4 heteroatoms. The summed E-state index contributed by atoms with van der Waals surface area (Å²) < 4.78 is 20.8. The lowest BCUT2D eigenvalue weighted by atomic mass is 10.1. The van der Waals surface area contributed by atoms with Crippen LogP contribution < -0.4 is 0 Å². The van der Waals surface area contributed by atoms with Crippen LogP contribution >= 0.6 is 0 Å². The Kier molecular flexibility index (Phi) is 3.67. The molecule has 0 aliphatic heterocycles. The van der Waals surface area contributed by atoms with E-state index in [4.69, 9.17) is 4.74 Å². The first-order valence-electron chi connectivity index (χ1n) is 7.02. The molecule has 0 saturated carbocycles. The Morgan fingerprint density at radius 1 is 1.18 bits per heavy atom. The van der Waals surface area contributed by atoms with Crippen molar-refractivity contribution in [2.24, 2.45) is 0 Å². The topological polar surface area (TPSA) is 31.2 Å². The number of carbonyl (C=O) groups excluding carboxylic acids is 1. The highest BCUT2D eigenvalue weighted by molar-refractivity contribution is 5.97. The molecular weight excluding hydrogens is 281 g/mol. The smallest absolute Gasteiger partial charge is 0.338 e. The summed E-state index contributed by atoms with van der Waals surface area (Å²) in [5, 5.41) is 0.515. The number of nitrogens with zero attached hydrogens (tertiary/aromatic N) is 1. The van der Waals surface area contributed by atoms with E-state index in [1.807, 2.05) is 41.8 Å². The van der Waals surface area contributed by atoms with E-state index < -0.39 is 5.97 Å². The molecule has 0 radical (unpaired) electrons. The van der Waals surface area contributed by atoms with Crippen molar-refractivity contribution in [3.63, 3.8) is 0 Å². The Balaban J connectivity index is 2.16. The van der Waals surface area contributed by atoms with Crippen LogP contribution in [0.1, 0.15) is 21.5 Å². The molecule has 0 unspecified atom stereocenters. The molecule has 22 heavy (non-hydrogen) atoms. The van der Waals surface area contributed by atoms with Crippen molar-refractivity contribution in [1.82, 2.24) is 4.57 Å². The lowest BCUT2D eigenvalue weighted by Gasteiger charge is -2.10. The molecule has 0 fully saturated rings. The Bertz CT molecular complexity index is 837. The van der Waals surface area contributed by atoms with Crippen LogP contribution in [-0.4, -0.2) is 17.6 Å². The average Bonchev–Trinajstić information content (AvgIpc) is 2.85. The molecule has 0 aliphatic rings. The lowest BCUT2D eigenvalue weighted by molar-refractivity contribution is 0.0600. The fraction of sp³-hybridized carbons (Fsp3) is 0.167. The number of benzene rings is 2. The minimum absolute atomic E-state index is 0.287. The summed E-state index contributed by atoms with van der Waals surface area (Å²) in [5.41, 5.74) is 2.98. The van der Waals surface area contributed by atoms with Crippen LogP contribution in [0, 0.1) is 12.7 Å². The standard InChI is InChI=1S/C18H16FNO2/c1-12-14(18(21)22-2)8-9-15-16(19)11-20(17(12)15)10-13-6-4-3-5-7-13/h3-9,11H,10H2,1-2H3. The SMILES string of the molecule is COC(=O)c1ccc2c(F)cn(Cc3ccccc3)c2c1C. The van der Waals surface area contributed by atoms with Gasteiger partial charge in [0.2, 0.25) is 0 Å². The van der Waals surface area contributed by atoms with E-state index in [0.717, 1.165) is 16.6 Å². The summed E-state index contributed by atoms with van der Waals surface area (Å²) in [6.07, 6.45) is 1.48. The second kappa shape index (κ2) is 5.64. The van der Waals surface area contributed by atoms with Crippen molar-refractivity contribution in [3.8, 4) is 0 Å². The number of ether oxygens (including phenoxy) is 1. The number of halogens is 1. The molecule has 1 aromatic heterocycles. The molecule has 0 amide bonds. The van der Waals surface area contributed by atoms with Gasteiger partial charge >= 0.3 is 5.97 Å². The molecule has 3 rings (SSSR count). The van der Waals surface area contributed by atoms with Crippen molar-refractivity contribution in [3.05, 3.63) is 71.2 Å². The maximum Gasteiger partial charge on any atom is 0.338 e. The zero-order valence-corrected chi connectivity index (χ0v) is 12.5. The second-order valence-electron chi connectivity index (χ2n) is 5.22. The van der Waals surface area contributed by atoms with E-state index in [0.29, 0.717) is 17.5 Å². The maximum absolute atomic E-state index is 14.2. The van der Waals surface area contributed by atoms with Crippen molar-refractivity contribution >= 4 is 16.9 Å². The third-order valence-corrected chi connectivity index (χ3v) is 3.85. The summed E-state index contributed by atoms with van der Waals surface area (Å²) in [7, 11) is 1.34. The van der Waals surface area contributed by atoms with Gasteiger partial charge in [0.25, 0.3) is 0 Å². The number of hydrogen-bond acceptors (Lipinski definition) is 2. The van der Waals surface area contributed by atoms with Crippen LogP contribution in [0.2, 0.25) is 0 Å². The van der Waals surface area contributed by atoms with Crippen LogP contribution in [0.3, 0.4) is 0 Å². The van der Waals surface area contributed by atoms with Crippen molar-refractivity contribution < 1.29 is 13.9 Å². The zero-order chi connectivity index (χ0) is 15.7. The highest BCUT2D eigenvalue weighted by Crippen LogP contribution is 2.27.